The fourth-order valence-corrected chi connectivity index (χ4v) is 4.81. The van der Waals surface area contributed by atoms with E-state index in [9.17, 15) is 19.7 Å². The van der Waals surface area contributed by atoms with Crippen LogP contribution in [0.1, 0.15) is 23.6 Å². The van der Waals surface area contributed by atoms with Gasteiger partial charge < -0.3 is 10.2 Å². The van der Waals surface area contributed by atoms with Crippen LogP contribution in [0.15, 0.2) is 78.9 Å². The highest BCUT2D eigenvalue weighted by Gasteiger charge is 2.30. The Balaban J connectivity index is 1.79. The summed E-state index contributed by atoms with van der Waals surface area (Å²) in [5, 5.41) is 14.3. The van der Waals surface area contributed by atoms with Crippen molar-refractivity contribution in [3.63, 3.8) is 0 Å². The number of nitrogens with one attached hydrogen (secondary N) is 1. The summed E-state index contributed by atoms with van der Waals surface area (Å²) in [6.45, 7) is 2.55. The monoisotopic (exact) mass is 525 g/mol. The van der Waals surface area contributed by atoms with Crippen LogP contribution in [0, 0.1) is 10.1 Å². The number of benzene rings is 3. The summed E-state index contributed by atoms with van der Waals surface area (Å²) in [7, 11) is 0. The molecule has 0 aliphatic carbocycles. The maximum Gasteiger partial charge on any atom is 0.269 e. The summed E-state index contributed by atoms with van der Waals surface area (Å²) in [5.41, 5.74) is 2.69. The van der Waals surface area contributed by atoms with E-state index in [1.807, 2.05) is 49.4 Å². The Labute approximate surface area is 220 Å². The van der Waals surface area contributed by atoms with E-state index in [1.165, 1.54) is 23.9 Å². The molecule has 36 heavy (non-hydrogen) atoms. The Morgan fingerprint density at radius 2 is 1.69 bits per heavy atom. The highest BCUT2D eigenvalue weighted by Crippen LogP contribution is 2.21. The van der Waals surface area contributed by atoms with Crippen molar-refractivity contribution >= 4 is 40.9 Å². The molecule has 3 rings (SSSR count). The number of halogens is 1. The molecule has 188 valence electrons. The number of non-ortho nitro benzene ring substituents is 1. The molecule has 7 nitrogen and oxygen atoms in total. The predicted molar refractivity (Wildman–Crippen MR) is 144 cm³/mol. The lowest BCUT2D eigenvalue weighted by Crippen LogP contribution is -2.51. The maximum atomic E-state index is 13.5. The molecule has 0 bridgehead atoms. The molecule has 9 heteroatoms. The van der Waals surface area contributed by atoms with Crippen LogP contribution in [-0.4, -0.2) is 40.0 Å². The summed E-state index contributed by atoms with van der Waals surface area (Å²) in [6.07, 6.45) is 0.381. The van der Waals surface area contributed by atoms with Crippen molar-refractivity contribution in [2.75, 3.05) is 12.3 Å². The van der Waals surface area contributed by atoms with Gasteiger partial charge in [-0.1, -0.05) is 66.2 Å². The zero-order valence-electron chi connectivity index (χ0n) is 19.9. The molecular formula is C27H28ClN3O4S. The van der Waals surface area contributed by atoms with Crippen LogP contribution < -0.4 is 5.32 Å². The van der Waals surface area contributed by atoms with Gasteiger partial charge in [-0.25, -0.2) is 0 Å². The van der Waals surface area contributed by atoms with E-state index >= 15 is 0 Å². The largest absolute Gasteiger partial charge is 0.355 e. The molecule has 0 aliphatic rings. The maximum absolute atomic E-state index is 13.5. The van der Waals surface area contributed by atoms with Gasteiger partial charge in [0.15, 0.2) is 0 Å². The van der Waals surface area contributed by atoms with Gasteiger partial charge in [0.25, 0.3) is 5.69 Å². The molecule has 0 spiro atoms. The van der Waals surface area contributed by atoms with Gasteiger partial charge in [0.2, 0.25) is 11.8 Å². The second kappa shape index (κ2) is 13.7. The van der Waals surface area contributed by atoms with Gasteiger partial charge in [-0.15, -0.1) is 11.8 Å². The standard InChI is InChI=1S/C27H28ClN3O4S/c1-2-29-27(33)25(16-20-7-4-3-5-8-20)30(17-22-9-6-10-23(28)15-22)26(32)19-36-18-21-11-13-24(14-12-21)31(34)35/h3-15,25H,2,16-19H2,1H3,(H,29,33). The van der Waals surface area contributed by atoms with E-state index in [2.05, 4.69) is 5.32 Å². The van der Waals surface area contributed by atoms with Crippen LogP contribution in [0.5, 0.6) is 0 Å². The van der Waals surface area contributed by atoms with E-state index in [0.717, 1.165) is 16.7 Å². The highest BCUT2D eigenvalue weighted by molar-refractivity contribution is 7.99. The molecular weight excluding hydrogens is 498 g/mol. The van der Waals surface area contributed by atoms with Crippen molar-refractivity contribution in [3.05, 3.63) is 111 Å². The third-order valence-electron chi connectivity index (χ3n) is 5.51. The molecule has 1 unspecified atom stereocenters. The molecule has 0 aliphatic heterocycles. The minimum absolute atomic E-state index is 0.0261. The topological polar surface area (TPSA) is 92.6 Å². The van der Waals surface area contributed by atoms with Crippen molar-refractivity contribution in [2.24, 2.45) is 0 Å². The van der Waals surface area contributed by atoms with Gasteiger partial charge in [0.05, 0.1) is 10.7 Å². The summed E-state index contributed by atoms with van der Waals surface area (Å²) in [5.74, 6) is 0.285. The van der Waals surface area contributed by atoms with E-state index in [4.69, 9.17) is 11.6 Å². The SMILES string of the molecule is CCNC(=O)C(Cc1ccccc1)N(Cc1cccc(Cl)c1)C(=O)CSCc1ccc([N+](=O)[O-])cc1. The molecule has 2 amide bonds. The summed E-state index contributed by atoms with van der Waals surface area (Å²) in [6, 6.07) is 22.5. The first-order valence-electron chi connectivity index (χ1n) is 11.5. The summed E-state index contributed by atoms with van der Waals surface area (Å²) >= 11 is 7.58. The molecule has 0 aromatic heterocycles. The van der Waals surface area contributed by atoms with Crippen molar-refractivity contribution < 1.29 is 14.5 Å². The Bertz CT molecular complexity index is 1180. The molecule has 0 saturated heterocycles. The first-order chi connectivity index (χ1) is 17.4. The number of amides is 2. The van der Waals surface area contributed by atoms with Crippen LogP contribution in [0.3, 0.4) is 0 Å². The van der Waals surface area contributed by atoms with Crippen LogP contribution in [0.2, 0.25) is 5.02 Å². The number of nitro groups is 1. The molecule has 3 aromatic rings. The number of rotatable bonds is 12. The highest BCUT2D eigenvalue weighted by atomic mass is 35.5. The van der Waals surface area contributed by atoms with Crippen LogP contribution in [-0.2, 0) is 28.3 Å². The lowest BCUT2D eigenvalue weighted by molar-refractivity contribution is -0.384. The van der Waals surface area contributed by atoms with Gasteiger partial charge in [-0.2, -0.15) is 0 Å². The van der Waals surface area contributed by atoms with Gasteiger partial charge in [0.1, 0.15) is 6.04 Å². The lowest BCUT2D eigenvalue weighted by atomic mass is 10.0. The third-order valence-corrected chi connectivity index (χ3v) is 6.73. The van der Waals surface area contributed by atoms with Crippen molar-refractivity contribution in [2.45, 2.75) is 31.7 Å². The van der Waals surface area contributed by atoms with Gasteiger partial charge >= 0.3 is 0 Å². The third kappa shape index (κ3) is 8.10. The fraction of sp³-hybridized carbons (Fsp3) is 0.259. The number of carbonyl (C=O) groups excluding carboxylic acids is 2. The normalized spacial score (nSPS) is 11.5. The predicted octanol–water partition coefficient (Wildman–Crippen LogP) is 5.26. The first kappa shape index (κ1) is 27.2. The fourth-order valence-electron chi connectivity index (χ4n) is 3.73. The van der Waals surface area contributed by atoms with Crippen LogP contribution >= 0.6 is 23.4 Å². The minimum Gasteiger partial charge on any atom is -0.355 e. The van der Waals surface area contributed by atoms with Gasteiger partial charge in [-0.3, -0.25) is 19.7 Å². The van der Waals surface area contributed by atoms with Crippen LogP contribution in [0.4, 0.5) is 5.69 Å². The molecule has 0 fully saturated rings. The van der Waals surface area contributed by atoms with Crippen molar-refractivity contribution in [3.8, 4) is 0 Å². The van der Waals surface area contributed by atoms with E-state index in [0.29, 0.717) is 23.7 Å². The number of carbonyl (C=O) groups is 2. The molecule has 3 aromatic carbocycles. The van der Waals surface area contributed by atoms with Crippen molar-refractivity contribution in [1.29, 1.82) is 0 Å². The van der Waals surface area contributed by atoms with Crippen molar-refractivity contribution in [1.82, 2.24) is 10.2 Å². The number of thioether (sulfide) groups is 1. The zero-order valence-corrected chi connectivity index (χ0v) is 21.5. The number of hydrogen-bond acceptors (Lipinski definition) is 5. The number of nitro benzene ring substituents is 1. The minimum atomic E-state index is -0.696. The molecule has 1 N–H and O–H groups in total. The number of nitrogens with zero attached hydrogens (tertiary/aromatic N) is 2. The first-order valence-corrected chi connectivity index (χ1v) is 13.1. The average Bonchev–Trinajstić information content (AvgIpc) is 2.87. The molecule has 0 saturated carbocycles. The van der Waals surface area contributed by atoms with E-state index in [1.54, 1.807) is 29.2 Å². The lowest BCUT2D eigenvalue weighted by Gasteiger charge is -2.31. The Hall–Kier alpha value is -3.36. The Morgan fingerprint density at radius 1 is 1.00 bits per heavy atom. The van der Waals surface area contributed by atoms with Crippen LogP contribution in [0.25, 0.3) is 0 Å². The summed E-state index contributed by atoms with van der Waals surface area (Å²) < 4.78 is 0. The molecule has 0 radical (unpaired) electrons. The second-order valence-corrected chi connectivity index (χ2v) is 9.59. The smallest absolute Gasteiger partial charge is 0.269 e. The quantitative estimate of drug-likeness (QED) is 0.257. The summed E-state index contributed by atoms with van der Waals surface area (Å²) in [4.78, 5) is 38.7. The second-order valence-electron chi connectivity index (χ2n) is 8.17. The van der Waals surface area contributed by atoms with Gasteiger partial charge in [0, 0.05) is 42.4 Å². The number of hydrogen-bond donors (Lipinski definition) is 1. The Morgan fingerprint density at radius 3 is 2.33 bits per heavy atom. The zero-order chi connectivity index (χ0) is 25.9. The Kier molecular flexibility index (Phi) is 10.3. The van der Waals surface area contributed by atoms with E-state index in [-0.39, 0.29) is 29.8 Å². The average molecular weight is 526 g/mol. The number of likely N-dealkylation sites (N-methyl/N-ethyl adjacent to an activating group) is 1. The van der Waals surface area contributed by atoms with E-state index < -0.39 is 11.0 Å². The van der Waals surface area contributed by atoms with Gasteiger partial charge in [-0.05, 0) is 35.7 Å². The molecule has 0 heterocycles. The molecule has 1 atom stereocenters.